The molecule has 0 saturated heterocycles. The third-order valence-electron chi connectivity index (χ3n) is 6.61. The first-order valence-corrected chi connectivity index (χ1v) is 13.9. The van der Waals surface area contributed by atoms with Gasteiger partial charge in [0.25, 0.3) is 0 Å². The Kier molecular flexibility index (Phi) is 8.84. The van der Waals surface area contributed by atoms with E-state index in [-0.39, 0.29) is 0 Å². The van der Waals surface area contributed by atoms with E-state index >= 15 is 0 Å². The van der Waals surface area contributed by atoms with Gasteiger partial charge in [-0.1, -0.05) is 35.9 Å². The lowest BCUT2D eigenvalue weighted by Crippen LogP contribution is -2.22. The molecule has 3 rings (SSSR count). The first-order valence-electron chi connectivity index (χ1n) is 12.4. The van der Waals surface area contributed by atoms with Crippen molar-refractivity contribution in [2.45, 2.75) is 44.8 Å². The molecule has 0 N–H and O–H groups in total. The monoisotopic (exact) mass is 494 g/mol. The zero-order chi connectivity index (χ0) is 25.6. The minimum absolute atomic E-state index is 0.302. The first-order chi connectivity index (χ1) is 16.8. The second-order valence-electron chi connectivity index (χ2n) is 8.60. The van der Waals surface area contributed by atoms with Crippen molar-refractivity contribution in [1.29, 1.82) is 0 Å². The van der Waals surface area contributed by atoms with Crippen molar-refractivity contribution in [1.82, 2.24) is 0 Å². The molecular formula is C29H38N2O3S. The number of rotatable bonds is 11. The van der Waals surface area contributed by atoms with Crippen LogP contribution in [0.15, 0.2) is 71.6 Å². The van der Waals surface area contributed by atoms with Gasteiger partial charge in [0.2, 0.25) is 0 Å². The molecule has 0 bridgehead atoms. The molecular weight excluding hydrogens is 456 g/mol. The summed E-state index contributed by atoms with van der Waals surface area (Å²) < 4.78 is 34.0. The maximum atomic E-state index is 14.1. The molecule has 188 valence electrons. The average Bonchev–Trinajstić information content (AvgIpc) is 2.87. The van der Waals surface area contributed by atoms with E-state index in [9.17, 15) is 8.42 Å². The van der Waals surface area contributed by atoms with Crippen LogP contribution in [0, 0.1) is 6.92 Å². The van der Waals surface area contributed by atoms with Crippen LogP contribution in [0.3, 0.4) is 0 Å². The molecule has 0 aliphatic carbocycles. The summed E-state index contributed by atoms with van der Waals surface area (Å²) in [5.41, 5.74) is 4.47. The smallest absolute Gasteiger partial charge is 0.189 e. The normalized spacial score (nSPS) is 12.3. The average molecular weight is 495 g/mol. The highest BCUT2D eigenvalue weighted by Crippen LogP contribution is 2.41. The van der Waals surface area contributed by atoms with Crippen molar-refractivity contribution in [2.24, 2.45) is 0 Å². The standard InChI is InChI=1S/C29H38N2O3S/c1-7-30(8-2)24-15-13-23(14-16-24)29(35(32,33)26-18-11-22(5)12-19-26)27-20-17-25(21-28(27)34-6)31(9-3)10-4/h11-21,29H,7-10H2,1-6H3. The minimum atomic E-state index is -3.75. The fourth-order valence-corrected chi connectivity index (χ4v) is 6.37. The van der Waals surface area contributed by atoms with Gasteiger partial charge in [0.15, 0.2) is 9.84 Å². The second-order valence-corrected chi connectivity index (χ2v) is 10.6. The van der Waals surface area contributed by atoms with Crippen molar-refractivity contribution in [2.75, 3.05) is 43.1 Å². The van der Waals surface area contributed by atoms with E-state index in [4.69, 9.17) is 4.74 Å². The largest absolute Gasteiger partial charge is 0.496 e. The van der Waals surface area contributed by atoms with Crippen molar-refractivity contribution in [3.63, 3.8) is 0 Å². The van der Waals surface area contributed by atoms with Gasteiger partial charge < -0.3 is 14.5 Å². The van der Waals surface area contributed by atoms with E-state index in [0.717, 1.165) is 48.7 Å². The molecule has 3 aromatic carbocycles. The number of anilines is 2. The molecule has 3 aromatic rings. The molecule has 0 saturated carbocycles. The third kappa shape index (κ3) is 5.64. The SMILES string of the molecule is CCN(CC)c1ccc(C(c2ccc(N(CC)CC)cc2OC)S(=O)(=O)c2ccc(C)cc2)cc1. The zero-order valence-corrected chi connectivity index (χ0v) is 22.6. The number of hydrogen-bond acceptors (Lipinski definition) is 5. The fraction of sp³-hybridized carbons (Fsp3) is 0.379. The third-order valence-corrected chi connectivity index (χ3v) is 8.69. The van der Waals surface area contributed by atoms with E-state index in [1.54, 1.807) is 19.2 Å². The van der Waals surface area contributed by atoms with Crippen LogP contribution in [0.5, 0.6) is 5.75 Å². The fourth-order valence-electron chi connectivity index (χ4n) is 4.54. The highest BCUT2D eigenvalue weighted by Gasteiger charge is 2.33. The van der Waals surface area contributed by atoms with Crippen LogP contribution < -0.4 is 14.5 Å². The Balaban J connectivity index is 2.20. The molecule has 0 amide bonds. The van der Waals surface area contributed by atoms with Crippen molar-refractivity contribution in [3.8, 4) is 5.75 Å². The summed E-state index contributed by atoms with van der Waals surface area (Å²) in [7, 11) is -2.15. The van der Waals surface area contributed by atoms with Crippen LogP contribution in [0.25, 0.3) is 0 Å². The molecule has 0 radical (unpaired) electrons. The zero-order valence-electron chi connectivity index (χ0n) is 21.8. The maximum absolute atomic E-state index is 14.1. The summed E-state index contributed by atoms with van der Waals surface area (Å²) in [6, 6.07) is 20.8. The lowest BCUT2D eigenvalue weighted by atomic mass is 10.0. The molecule has 1 unspecified atom stereocenters. The van der Waals surface area contributed by atoms with Crippen molar-refractivity contribution < 1.29 is 13.2 Å². The van der Waals surface area contributed by atoms with Gasteiger partial charge in [0, 0.05) is 49.2 Å². The molecule has 0 fully saturated rings. The molecule has 0 heterocycles. The molecule has 35 heavy (non-hydrogen) atoms. The molecule has 6 heteroatoms. The van der Waals surface area contributed by atoms with E-state index in [1.807, 2.05) is 61.5 Å². The van der Waals surface area contributed by atoms with Crippen LogP contribution in [-0.2, 0) is 9.84 Å². The number of methoxy groups -OCH3 is 1. The van der Waals surface area contributed by atoms with Gasteiger partial charge in [-0.05, 0) is 70.5 Å². The van der Waals surface area contributed by atoms with Gasteiger partial charge in [-0.25, -0.2) is 8.42 Å². The Bertz CT molecular complexity index is 1200. The molecule has 0 spiro atoms. The van der Waals surface area contributed by atoms with Gasteiger partial charge in [0.05, 0.1) is 12.0 Å². The van der Waals surface area contributed by atoms with E-state index < -0.39 is 15.1 Å². The lowest BCUT2D eigenvalue weighted by Gasteiger charge is -2.26. The van der Waals surface area contributed by atoms with Gasteiger partial charge in [-0.15, -0.1) is 0 Å². The number of sulfone groups is 1. The Morgan fingerprint density at radius 3 is 1.77 bits per heavy atom. The maximum Gasteiger partial charge on any atom is 0.189 e. The molecule has 1 atom stereocenters. The number of ether oxygens (including phenoxy) is 1. The van der Waals surface area contributed by atoms with Gasteiger partial charge in [0.1, 0.15) is 11.0 Å². The highest BCUT2D eigenvalue weighted by atomic mass is 32.2. The van der Waals surface area contributed by atoms with Crippen LogP contribution in [0.2, 0.25) is 0 Å². The molecule has 0 aromatic heterocycles. The lowest BCUT2D eigenvalue weighted by molar-refractivity contribution is 0.409. The predicted molar refractivity (Wildman–Crippen MR) is 147 cm³/mol. The summed E-state index contributed by atoms with van der Waals surface area (Å²) in [6.45, 7) is 13.9. The van der Waals surface area contributed by atoms with Crippen LogP contribution in [-0.4, -0.2) is 41.7 Å². The number of aryl methyl sites for hydroxylation is 1. The van der Waals surface area contributed by atoms with E-state index in [1.165, 1.54) is 0 Å². The number of benzene rings is 3. The van der Waals surface area contributed by atoms with Gasteiger partial charge in [-0.2, -0.15) is 0 Å². The first kappa shape index (κ1) is 26.6. The van der Waals surface area contributed by atoms with E-state index in [0.29, 0.717) is 16.2 Å². The van der Waals surface area contributed by atoms with Crippen molar-refractivity contribution >= 4 is 21.2 Å². The molecule has 5 nitrogen and oxygen atoms in total. The van der Waals surface area contributed by atoms with E-state index in [2.05, 4.69) is 37.5 Å². The Morgan fingerprint density at radius 2 is 1.26 bits per heavy atom. The number of hydrogen-bond donors (Lipinski definition) is 0. The topological polar surface area (TPSA) is 49.9 Å². The van der Waals surface area contributed by atoms with Gasteiger partial charge in [-0.3, -0.25) is 0 Å². The van der Waals surface area contributed by atoms with Crippen LogP contribution in [0.1, 0.15) is 49.6 Å². The molecule has 0 aliphatic heterocycles. The summed E-state index contributed by atoms with van der Waals surface area (Å²) in [6.07, 6.45) is 0. The summed E-state index contributed by atoms with van der Waals surface area (Å²) in [5.74, 6) is 0.572. The van der Waals surface area contributed by atoms with Gasteiger partial charge >= 0.3 is 0 Å². The summed E-state index contributed by atoms with van der Waals surface area (Å²) in [4.78, 5) is 4.76. The highest BCUT2D eigenvalue weighted by molar-refractivity contribution is 7.92. The molecule has 0 aliphatic rings. The Hall–Kier alpha value is -2.99. The Labute approximate surface area is 211 Å². The van der Waals surface area contributed by atoms with Crippen molar-refractivity contribution in [3.05, 3.63) is 83.4 Å². The minimum Gasteiger partial charge on any atom is -0.496 e. The van der Waals surface area contributed by atoms with Crippen LogP contribution >= 0.6 is 0 Å². The van der Waals surface area contributed by atoms with Crippen LogP contribution in [0.4, 0.5) is 11.4 Å². The quantitative estimate of drug-likeness (QED) is 0.315. The Morgan fingerprint density at radius 1 is 0.743 bits per heavy atom. The summed E-state index contributed by atoms with van der Waals surface area (Å²) in [5, 5.41) is -0.892. The second kappa shape index (κ2) is 11.6. The number of nitrogens with zero attached hydrogens (tertiary/aromatic N) is 2. The predicted octanol–water partition coefficient (Wildman–Crippen LogP) is 6.26. The summed E-state index contributed by atoms with van der Waals surface area (Å²) >= 11 is 0.